The van der Waals surface area contributed by atoms with Gasteiger partial charge in [0.05, 0.1) is 5.02 Å². The third-order valence-corrected chi connectivity index (χ3v) is 3.35. The number of nitrogens with one attached hydrogen (secondary N) is 1. The number of hydrazine groups is 1. The lowest BCUT2D eigenvalue weighted by molar-refractivity contribution is -0.133. The van der Waals surface area contributed by atoms with Crippen molar-refractivity contribution in [2.24, 2.45) is 11.6 Å². The van der Waals surface area contributed by atoms with Gasteiger partial charge in [0.2, 0.25) is 5.88 Å². The quantitative estimate of drug-likeness (QED) is 0.256. The van der Waals surface area contributed by atoms with E-state index in [1.807, 2.05) is 5.43 Å². The number of carbonyl (C=O) groups is 1. The molecule has 2 aromatic carbocycles. The second kappa shape index (κ2) is 8.22. The molecule has 7 nitrogen and oxygen atoms in total. The number of hydrogen-bond acceptors (Lipinski definition) is 6. The Balaban J connectivity index is 2.14. The minimum Gasteiger partial charge on any atom is -0.487 e. The van der Waals surface area contributed by atoms with Crippen molar-refractivity contribution in [2.45, 2.75) is 6.61 Å². The van der Waals surface area contributed by atoms with Crippen LogP contribution >= 0.6 is 11.6 Å². The molecule has 132 valence electrons. The summed E-state index contributed by atoms with van der Waals surface area (Å²) in [7, 11) is 0. The molecule has 0 aliphatic carbocycles. The number of benzene rings is 2. The molecule has 25 heavy (non-hydrogen) atoms. The molecule has 0 fully saturated rings. The van der Waals surface area contributed by atoms with Gasteiger partial charge in [-0.3, -0.25) is 5.84 Å². The van der Waals surface area contributed by atoms with Gasteiger partial charge in [-0.05, 0) is 29.8 Å². The van der Waals surface area contributed by atoms with Crippen LogP contribution in [-0.2, 0) is 11.4 Å². The standard InChI is InChI=1S/C16H15ClFN3O4/c17-12-6-5-11(25-15(19)14(21-20)16(22)23)7-13(12)24-8-9-1-3-10(18)4-2-9/h1-7,21H,8,19-20H2,(H,22,23)/b15-14+. The number of carboxylic acid groups (broad SMARTS) is 1. The molecule has 2 aromatic rings. The van der Waals surface area contributed by atoms with E-state index in [0.717, 1.165) is 5.56 Å². The van der Waals surface area contributed by atoms with Crippen molar-refractivity contribution in [1.82, 2.24) is 5.43 Å². The number of nitrogens with two attached hydrogens (primary N) is 2. The molecule has 0 aromatic heterocycles. The van der Waals surface area contributed by atoms with Crippen LogP contribution in [-0.4, -0.2) is 11.1 Å². The highest BCUT2D eigenvalue weighted by Gasteiger charge is 2.14. The van der Waals surface area contributed by atoms with E-state index in [-0.39, 0.29) is 23.9 Å². The second-order valence-electron chi connectivity index (χ2n) is 4.80. The highest BCUT2D eigenvalue weighted by Crippen LogP contribution is 2.30. The fourth-order valence-electron chi connectivity index (χ4n) is 1.82. The zero-order valence-electron chi connectivity index (χ0n) is 12.8. The van der Waals surface area contributed by atoms with Crippen LogP contribution in [0, 0.1) is 5.82 Å². The summed E-state index contributed by atoms with van der Waals surface area (Å²) in [4.78, 5) is 10.9. The molecule has 9 heteroatoms. The molecule has 0 bridgehead atoms. The van der Waals surface area contributed by atoms with E-state index in [9.17, 15) is 9.18 Å². The van der Waals surface area contributed by atoms with Crippen LogP contribution in [0.4, 0.5) is 4.39 Å². The Morgan fingerprint density at radius 3 is 2.52 bits per heavy atom. The first kappa shape index (κ1) is 18.4. The molecule has 0 amide bonds. The summed E-state index contributed by atoms with van der Waals surface area (Å²) in [5, 5.41) is 9.23. The van der Waals surface area contributed by atoms with Crippen molar-refractivity contribution in [3.8, 4) is 11.5 Å². The Morgan fingerprint density at radius 2 is 1.92 bits per heavy atom. The lowest BCUT2D eigenvalue weighted by Crippen LogP contribution is -2.31. The average molecular weight is 368 g/mol. The van der Waals surface area contributed by atoms with E-state index < -0.39 is 17.5 Å². The maximum absolute atomic E-state index is 12.9. The SMILES string of the molecule is NN/C(C(=O)O)=C(\N)Oc1ccc(Cl)c(OCc2ccc(F)cc2)c1. The Kier molecular flexibility index (Phi) is 6.04. The lowest BCUT2D eigenvalue weighted by atomic mass is 10.2. The van der Waals surface area contributed by atoms with Gasteiger partial charge in [-0.15, -0.1) is 0 Å². The predicted molar refractivity (Wildman–Crippen MR) is 89.0 cm³/mol. The van der Waals surface area contributed by atoms with Crippen LogP contribution in [0.2, 0.25) is 5.02 Å². The smallest absolute Gasteiger partial charge is 0.358 e. The average Bonchev–Trinajstić information content (AvgIpc) is 2.57. The van der Waals surface area contributed by atoms with Gasteiger partial charge in [-0.1, -0.05) is 23.7 Å². The zero-order valence-corrected chi connectivity index (χ0v) is 13.6. The monoisotopic (exact) mass is 367 g/mol. The Labute approximate surface area is 147 Å². The summed E-state index contributed by atoms with van der Waals surface area (Å²) < 4.78 is 23.7. The van der Waals surface area contributed by atoms with E-state index >= 15 is 0 Å². The van der Waals surface area contributed by atoms with Gasteiger partial charge in [0, 0.05) is 6.07 Å². The summed E-state index contributed by atoms with van der Waals surface area (Å²) in [6.45, 7) is 0.152. The van der Waals surface area contributed by atoms with E-state index in [2.05, 4.69) is 0 Å². The topological polar surface area (TPSA) is 120 Å². The zero-order chi connectivity index (χ0) is 18.4. The molecule has 0 atom stereocenters. The molecule has 0 aliphatic heterocycles. The summed E-state index contributed by atoms with van der Waals surface area (Å²) in [5.74, 6) is 3.42. The normalized spacial score (nSPS) is 11.5. The molecule has 0 spiro atoms. The fourth-order valence-corrected chi connectivity index (χ4v) is 1.99. The van der Waals surface area contributed by atoms with Crippen LogP contribution < -0.4 is 26.5 Å². The molecule has 0 heterocycles. The van der Waals surface area contributed by atoms with Gasteiger partial charge < -0.3 is 25.7 Å². The second-order valence-corrected chi connectivity index (χ2v) is 5.21. The van der Waals surface area contributed by atoms with Gasteiger partial charge in [0.25, 0.3) is 0 Å². The lowest BCUT2D eigenvalue weighted by Gasteiger charge is -2.12. The van der Waals surface area contributed by atoms with Crippen LogP contribution in [0.3, 0.4) is 0 Å². The number of aliphatic carboxylic acids is 1. The summed E-state index contributed by atoms with van der Waals surface area (Å²) in [6.07, 6.45) is 0. The van der Waals surface area contributed by atoms with Crippen molar-refractivity contribution >= 4 is 17.6 Å². The molecule has 0 radical (unpaired) electrons. The maximum Gasteiger partial charge on any atom is 0.358 e. The minimum atomic E-state index is -1.37. The predicted octanol–water partition coefficient (Wildman–Crippen LogP) is 2.11. The van der Waals surface area contributed by atoms with E-state index in [1.54, 1.807) is 12.1 Å². The van der Waals surface area contributed by atoms with Gasteiger partial charge >= 0.3 is 5.97 Å². The third kappa shape index (κ3) is 5.00. The third-order valence-electron chi connectivity index (χ3n) is 3.04. The van der Waals surface area contributed by atoms with Gasteiger partial charge in [-0.2, -0.15) is 0 Å². The summed E-state index contributed by atoms with van der Waals surface area (Å²) in [5.41, 5.74) is 7.74. The van der Waals surface area contributed by atoms with E-state index in [1.165, 1.54) is 30.3 Å². The number of rotatable bonds is 7. The number of hydrogen-bond donors (Lipinski definition) is 4. The molecular weight excluding hydrogens is 353 g/mol. The Bertz CT molecular complexity index is 796. The van der Waals surface area contributed by atoms with Crippen LogP contribution in [0.25, 0.3) is 0 Å². The molecular formula is C16H15ClFN3O4. The van der Waals surface area contributed by atoms with Crippen molar-refractivity contribution < 1.29 is 23.8 Å². The van der Waals surface area contributed by atoms with Crippen LogP contribution in [0.1, 0.15) is 5.56 Å². The molecule has 2 rings (SSSR count). The van der Waals surface area contributed by atoms with Crippen LogP contribution in [0.15, 0.2) is 54.0 Å². The highest BCUT2D eigenvalue weighted by atomic mass is 35.5. The molecule has 0 aliphatic rings. The summed E-state index contributed by atoms with van der Waals surface area (Å²) >= 11 is 6.05. The number of halogens is 2. The minimum absolute atomic E-state index is 0.152. The van der Waals surface area contributed by atoms with Gasteiger partial charge in [0.15, 0.2) is 5.70 Å². The Morgan fingerprint density at radius 1 is 1.24 bits per heavy atom. The van der Waals surface area contributed by atoms with Crippen LogP contribution in [0.5, 0.6) is 11.5 Å². The highest BCUT2D eigenvalue weighted by molar-refractivity contribution is 6.32. The largest absolute Gasteiger partial charge is 0.487 e. The molecule has 0 saturated heterocycles. The molecule has 6 N–H and O–H groups in total. The molecule has 0 saturated carbocycles. The number of ether oxygens (including phenoxy) is 2. The first-order chi connectivity index (χ1) is 11.9. The van der Waals surface area contributed by atoms with Crippen molar-refractivity contribution in [3.05, 3.63) is 70.4 Å². The van der Waals surface area contributed by atoms with Gasteiger partial charge in [0.1, 0.15) is 23.9 Å². The van der Waals surface area contributed by atoms with Crippen molar-refractivity contribution in [3.63, 3.8) is 0 Å². The van der Waals surface area contributed by atoms with E-state index in [4.69, 9.17) is 37.8 Å². The first-order valence-electron chi connectivity index (χ1n) is 6.95. The maximum atomic E-state index is 12.9. The molecule has 0 unspecified atom stereocenters. The first-order valence-corrected chi connectivity index (χ1v) is 7.33. The van der Waals surface area contributed by atoms with Gasteiger partial charge in [-0.25, -0.2) is 9.18 Å². The number of carboxylic acids is 1. The Hall–Kier alpha value is -2.97. The summed E-state index contributed by atoms with van der Waals surface area (Å²) in [6, 6.07) is 10.2. The van der Waals surface area contributed by atoms with Crippen molar-refractivity contribution in [2.75, 3.05) is 0 Å². The fraction of sp³-hybridized carbons (Fsp3) is 0.0625. The van der Waals surface area contributed by atoms with Crippen molar-refractivity contribution in [1.29, 1.82) is 0 Å². The van der Waals surface area contributed by atoms with E-state index in [0.29, 0.717) is 5.02 Å².